The number of hydrogen-bond acceptors (Lipinski definition) is 1. The first kappa shape index (κ1) is 33.6. The Morgan fingerprint density at radius 3 is 1.00 bits per heavy atom. The van der Waals surface area contributed by atoms with Gasteiger partial charge in [0.15, 0.2) is 0 Å². The molecule has 36 heavy (non-hydrogen) atoms. The molecular weight excluding hydrogens is 436 g/mol. The molecule has 1 aliphatic rings. The van der Waals surface area contributed by atoms with Crippen LogP contribution in [-0.2, 0) is 4.74 Å². The van der Waals surface area contributed by atoms with Crippen molar-refractivity contribution in [3.8, 4) is 0 Å². The van der Waals surface area contributed by atoms with Gasteiger partial charge in [0, 0.05) is 0 Å². The maximum Gasteiger partial charge on any atom is 0.108 e. The Kier molecular flexibility index (Phi) is 24.4. The third-order valence-electron chi connectivity index (χ3n) is 8.63. The fourth-order valence-electron chi connectivity index (χ4n) is 6.03. The molecule has 0 amide bonds. The highest BCUT2D eigenvalue weighted by Crippen LogP contribution is 2.38. The lowest BCUT2D eigenvalue weighted by Crippen LogP contribution is -2.37. The van der Waals surface area contributed by atoms with Crippen molar-refractivity contribution in [2.24, 2.45) is 5.92 Å². The zero-order valence-corrected chi connectivity index (χ0v) is 25.3. The molecule has 0 radical (unpaired) electrons. The van der Waals surface area contributed by atoms with Gasteiger partial charge in [0.25, 0.3) is 0 Å². The first-order valence-electron chi connectivity index (χ1n) is 17.1. The summed E-state index contributed by atoms with van der Waals surface area (Å²) in [5.41, 5.74) is 0. The lowest BCUT2D eigenvalue weighted by Gasteiger charge is -2.40. The van der Waals surface area contributed by atoms with Crippen LogP contribution in [0.15, 0.2) is 12.3 Å². The molecule has 1 fully saturated rings. The third-order valence-corrected chi connectivity index (χ3v) is 8.63. The molecule has 0 aromatic carbocycles. The van der Waals surface area contributed by atoms with Crippen LogP contribution in [0.1, 0.15) is 200 Å². The van der Waals surface area contributed by atoms with Gasteiger partial charge in [-0.25, -0.2) is 0 Å². The number of unbranched alkanes of at least 4 members (excludes halogenated alkanes) is 25. The molecule has 1 saturated heterocycles. The van der Waals surface area contributed by atoms with Crippen molar-refractivity contribution in [1.82, 2.24) is 0 Å². The van der Waals surface area contributed by atoms with Gasteiger partial charge in [0.1, 0.15) is 6.10 Å². The minimum absolute atomic E-state index is 0.493. The van der Waals surface area contributed by atoms with Crippen LogP contribution in [0.25, 0.3) is 0 Å². The number of hydrogen-bond donors (Lipinski definition) is 0. The summed E-state index contributed by atoms with van der Waals surface area (Å²) in [6, 6.07) is 0. The van der Waals surface area contributed by atoms with Crippen molar-refractivity contribution in [2.45, 2.75) is 206 Å². The van der Waals surface area contributed by atoms with Crippen molar-refractivity contribution in [3.63, 3.8) is 0 Å². The van der Waals surface area contributed by atoms with Crippen molar-refractivity contribution in [3.05, 3.63) is 12.3 Å². The van der Waals surface area contributed by atoms with E-state index in [9.17, 15) is 0 Å². The van der Waals surface area contributed by atoms with Gasteiger partial charge in [-0.05, 0) is 19.3 Å². The van der Waals surface area contributed by atoms with Gasteiger partial charge in [-0.15, -0.1) is 0 Å². The van der Waals surface area contributed by atoms with E-state index < -0.39 is 0 Å². The van der Waals surface area contributed by atoms with Gasteiger partial charge in [0.05, 0.1) is 11.7 Å². The maximum absolute atomic E-state index is 5.93. The smallest absolute Gasteiger partial charge is 0.108 e. The van der Waals surface area contributed by atoms with Crippen LogP contribution in [0.5, 0.6) is 0 Å². The van der Waals surface area contributed by atoms with Crippen molar-refractivity contribution < 1.29 is 4.74 Å². The molecule has 0 aromatic heterocycles. The third kappa shape index (κ3) is 19.6. The lowest BCUT2D eigenvalue weighted by atomic mass is 9.86. The van der Waals surface area contributed by atoms with E-state index in [0.717, 1.165) is 5.76 Å². The summed E-state index contributed by atoms with van der Waals surface area (Å²) < 4.78 is 5.93. The number of rotatable bonds is 29. The summed E-state index contributed by atoms with van der Waals surface area (Å²) >= 11 is 0. The van der Waals surface area contributed by atoms with E-state index in [1.807, 2.05) is 0 Å². The van der Waals surface area contributed by atoms with E-state index in [-0.39, 0.29) is 0 Å². The first-order chi connectivity index (χ1) is 17.8. The average molecular weight is 505 g/mol. The molecule has 214 valence electrons. The summed E-state index contributed by atoms with van der Waals surface area (Å²) in [6.07, 6.45) is 41.9. The highest BCUT2D eigenvalue weighted by atomic mass is 16.5. The van der Waals surface area contributed by atoms with Gasteiger partial charge in [-0.3, -0.25) is 0 Å². The monoisotopic (exact) mass is 505 g/mol. The quantitative estimate of drug-likeness (QED) is 0.0920. The zero-order valence-electron chi connectivity index (χ0n) is 25.3. The van der Waals surface area contributed by atoms with E-state index in [2.05, 4.69) is 20.4 Å². The van der Waals surface area contributed by atoms with Gasteiger partial charge >= 0.3 is 0 Å². The van der Waals surface area contributed by atoms with Crippen molar-refractivity contribution in [1.29, 1.82) is 0 Å². The number of ether oxygens (including phenoxy) is 1. The molecule has 1 rings (SSSR count). The highest BCUT2D eigenvalue weighted by molar-refractivity contribution is 5.05. The molecule has 1 aliphatic heterocycles. The van der Waals surface area contributed by atoms with Crippen LogP contribution in [0.3, 0.4) is 0 Å². The Bertz CT molecular complexity index is 456. The molecule has 2 unspecified atom stereocenters. The van der Waals surface area contributed by atoms with E-state index in [1.54, 1.807) is 0 Å². The zero-order chi connectivity index (χ0) is 25.9. The Morgan fingerprint density at radius 1 is 0.417 bits per heavy atom. The van der Waals surface area contributed by atoms with Crippen LogP contribution in [0.4, 0.5) is 0 Å². The summed E-state index contributed by atoms with van der Waals surface area (Å²) in [5, 5.41) is 0. The molecule has 0 aromatic rings. The fraction of sp³-hybridized carbons (Fsp3) is 0.943. The Hall–Kier alpha value is -0.460. The molecule has 0 aliphatic carbocycles. The van der Waals surface area contributed by atoms with Gasteiger partial charge in [-0.1, -0.05) is 187 Å². The van der Waals surface area contributed by atoms with Gasteiger partial charge in [-0.2, -0.15) is 0 Å². The molecule has 1 nitrogen and oxygen atoms in total. The molecule has 0 saturated carbocycles. The summed E-state index contributed by atoms with van der Waals surface area (Å²) in [7, 11) is 0. The molecule has 0 N–H and O–H groups in total. The predicted molar refractivity (Wildman–Crippen MR) is 163 cm³/mol. The second-order valence-corrected chi connectivity index (χ2v) is 12.1. The second kappa shape index (κ2) is 26.2. The maximum atomic E-state index is 5.93. The standard InChI is InChI=1S/C35H68O/c1-4-6-8-10-12-14-16-17-18-19-20-22-23-25-27-29-31-34-33(3)36-35(34)32-30-28-26-24-21-15-13-11-9-7-5-2/h34-35H,3-32H2,1-2H3. The van der Waals surface area contributed by atoms with Gasteiger partial charge < -0.3 is 4.74 Å². The average Bonchev–Trinajstić information content (AvgIpc) is 2.88. The Morgan fingerprint density at radius 2 is 0.694 bits per heavy atom. The van der Waals surface area contributed by atoms with Crippen LogP contribution >= 0.6 is 0 Å². The molecule has 2 atom stereocenters. The van der Waals surface area contributed by atoms with Crippen LogP contribution in [0.2, 0.25) is 0 Å². The van der Waals surface area contributed by atoms with Gasteiger partial charge in [0.2, 0.25) is 0 Å². The van der Waals surface area contributed by atoms with Crippen molar-refractivity contribution >= 4 is 0 Å². The normalized spacial score (nSPS) is 17.3. The largest absolute Gasteiger partial charge is 0.494 e. The van der Waals surface area contributed by atoms with Crippen molar-refractivity contribution in [2.75, 3.05) is 0 Å². The van der Waals surface area contributed by atoms with E-state index in [1.165, 1.54) is 186 Å². The van der Waals surface area contributed by atoms with Crippen LogP contribution in [-0.4, -0.2) is 6.10 Å². The summed E-state index contributed by atoms with van der Waals surface area (Å²) in [6.45, 7) is 8.77. The van der Waals surface area contributed by atoms with Crippen LogP contribution in [0, 0.1) is 5.92 Å². The minimum Gasteiger partial charge on any atom is -0.494 e. The lowest BCUT2D eigenvalue weighted by molar-refractivity contribution is -0.0524. The molecule has 1 heteroatoms. The van der Waals surface area contributed by atoms with Crippen LogP contribution < -0.4 is 0 Å². The summed E-state index contributed by atoms with van der Waals surface area (Å²) in [4.78, 5) is 0. The molecule has 0 bridgehead atoms. The predicted octanol–water partition coefficient (Wildman–Crippen LogP) is 12.9. The molecular formula is C35H68O. The van der Waals surface area contributed by atoms with E-state index >= 15 is 0 Å². The molecule has 1 heterocycles. The Balaban J connectivity index is 1.81. The van der Waals surface area contributed by atoms with E-state index in [0.29, 0.717) is 12.0 Å². The second-order valence-electron chi connectivity index (χ2n) is 12.1. The minimum atomic E-state index is 0.493. The fourth-order valence-corrected chi connectivity index (χ4v) is 6.03. The Labute approximate surface area is 229 Å². The highest BCUT2D eigenvalue weighted by Gasteiger charge is 2.35. The van der Waals surface area contributed by atoms with E-state index in [4.69, 9.17) is 4.74 Å². The summed E-state index contributed by atoms with van der Waals surface area (Å²) in [5.74, 6) is 1.75. The molecule has 0 spiro atoms. The SMILES string of the molecule is C=C1OC(CCCCCCCCCCCCC)C1CCCCCCCCCCCCCCCCCC. The first-order valence-corrected chi connectivity index (χ1v) is 17.1. The topological polar surface area (TPSA) is 9.23 Å².